The molecule has 44 valence electrons. The molecule has 1 nitrogen and oxygen atoms in total. The van der Waals surface area contributed by atoms with Gasteiger partial charge in [0.1, 0.15) is 6.10 Å². The summed E-state index contributed by atoms with van der Waals surface area (Å²) in [6, 6.07) is 0. The predicted molar refractivity (Wildman–Crippen MR) is 31.4 cm³/mol. The average molecular weight is 110 g/mol. The summed E-state index contributed by atoms with van der Waals surface area (Å²) in [5.41, 5.74) is 1.49. The van der Waals surface area contributed by atoms with Crippen LogP contribution in [-0.4, -0.2) is 6.10 Å². The molecule has 0 radical (unpaired) electrons. The van der Waals surface area contributed by atoms with Crippen LogP contribution < -0.4 is 0 Å². The minimum Gasteiger partial charge on any atom is -0.494 e. The number of allylic oxidation sites excluding steroid dienone is 1. The second-order valence-corrected chi connectivity index (χ2v) is 2.69. The normalized spacial score (nSPS) is 33.9. The van der Waals surface area contributed by atoms with E-state index in [4.69, 9.17) is 4.74 Å². The van der Waals surface area contributed by atoms with Gasteiger partial charge in [-0.3, -0.25) is 0 Å². The molecule has 0 aromatic heterocycles. The number of fused-ring (bicyclic) bond motifs is 2. The van der Waals surface area contributed by atoms with Crippen LogP contribution in [0.4, 0.5) is 0 Å². The van der Waals surface area contributed by atoms with Crippen LogP contribution >= 0.6 is 0 Å². The second kappa shape index (κ2) is 1.28. The largest absolute Gasteiger partial charge is 0.494 e. The third kappa shape index (κ3) is 0.417. The van der Waals surface area contributed by atoms with Crippen LogP contribution in [-0.2, 0) is 4.74 Å². The van der Waals surface area contributed by atoms with Gasteiger partial charge in [0.25, 0.3) is 0 Å². The second-order valence-electron chi connectivity index (χ2n) is 2.69. The van der Waals surface area contributed by atoms with Gasteiger partial charge in [0.15, 0.2) is 0 Å². The van der Waals surface area contributed by atoms with Crippen LogP contribution in [0.15, 0.2) is 11.3 Å². The Hall–Kier alpha value is -0.460. The fraction of sp³-hybridized carbons (Fsp3) is 0.714. The lowest BCUT2D eigenvalue weighted by atomic mass is 10.0. The molecule has 2 heterocycles. The van der Waals surface area contributed by atoms with Crippen molar-refractivity contribution < 1.29 is 4.74 Å². The molecule has 0 aromatic rings. The molecule has 8 heavy (non-hydrogen) atoms. The molecule has 1 fully saturated rings. The summed E-state index contributed by atoms with van der Waals surface area (Å²) in [5, 5.41) is 0. The van der Waals surface area contributed by atoms with Gasteiger partial charge in [-0.1, -0.05) is 0 Å². The highest BCUT2D eigenvalue weighted by molar-refractivity contribution is 5.17. The van der Waals surface area contributed by atoms with E-state index >= 15 is 0 Å². The third-order valence-corrected chi connectivity index (χ3v) is 2.01. The Morgan fingerprint density at radius 2 is 2.50 bits per heavy atom. The van der Waals surface area contributed by atoms with Crippen molar-refractivity contribution in [2.75, 3.05) is 0 Å². The van der Waals surface area contributed by atoms with Crippen molar-refractivity contribution in [3.8, 4) is 0 Å². The molecule has 0 spiro atoms. The Morgan fingerprint density at radius 1 is 1.62 bits per heavy atom. The summed E-state index contributed by atoms with van der Waals surface area (Å²) in [4.78, 5) is 0. The van der Waals surface area contributed by atoms with Crippen molar-refractivity contribution in [2.45, 2.75) is 32.3 Å². The van der Waals surface area contributed by atoms with Gasteiger partial charge in [0.05, 0.1) is 5.76 Å². The van der Waals surface area contributed by atoms with Gasteiger partial charge in [-0.15, -0.1) is 0 Å². The zero-order valence-electron chi connectivity index (χ0n) is 5.11. The standard InChI is InChI=1S/C7H10O/c1-5-4-6-2-3-7(5)8-6/h6H,2-4H2,1H3. The fourth-order valence-electron chi connectivity index (χ4n) is 1.52. The van der Waals surface area contributed by atoms with Gasteiger partial charge in [-0.05, 0) is 18.9 Å². The molecule has 1 heteroatoms. The molecule has 1 saturated heterocycles. The number of hydrogen-bond acceptors (Lipinski definition) is 1. The maximum Gasteiger partial charge on any atom is 0.102 e. The molecule has 0 aliphatic carbocycles. The van der Waals surface area contributed by atoms with E-state index in [0.29, 0.717) is 6.10 Å². The Morgan fingerprint density at radius 3 is 2.75 bits per heavy atom. The van der Waals surface area contributed by atoms with Crippen LogP contribution in [0.5, 0.6) is 0 Å². The molecule has 2 rings (SSSR count). The van der Waals surface area contributed by atoms with Gasteiger partial charge in [-0.25, -0.2) is 0 Å². The molecular weight excluding hydrogens is 100 g/mol. The van der Waals surface area contributed by atoms with Gasteiger partial charge >= 0.3 is 0 Å². The number of ether oxygens (including phenoxy) is 1. The van der Waals surface area contributed by atoms with Crippen molar-refractivity contribution in [1.29, 1.82) is 0 Å². The fourth-order valence-corrected chi connectivity index (χ4v) is 1.52. The van der Waals surface area contributed by atoms with Crippen LogP contribution in [0, 0.1) is 0 Å². The quantitative estimate of drug-likeness (QED) is 0.462. The van der Waals surface area contributed by atoms with Crippen LogP contribution in [0.2, 0.25) is 0 Å². The predicted octanol–water partition coefficient (Wildman–Crippen LogP) is 1.84. The van der Waals surface area contributed by atoms with E-state index in [1.807, 2.05) is 0 Å². The zero-order chi connectivity index (χ0) is 5.56. The molecule has 0 N–H and O–H groups in total. The monoisotopic (exact) mass is 110 g/mol. The van der Waals surface area contributed by atoms with Crippen LogP contribution in [0.3, 0.4) is 0 Å². The summed E-state index contributed by atoms with van der Waals surface area (Å²) in [5.74, 6) is 1.29. The molecule has 0 aromatic carbocycles. The first kappa shape index (κ1) is 4.42. The van der Waals surface area contributed by atoms with Gasteiger partial charge in [0, 0.05) is 12.8 Å². The van der Waals surface area contributed by atoms with E-state index in [1.54, 1.807) is 0 Å². The molecule has 2 aliphatic rings. The van der Waals surface area contributed by atoms with E-state index < -0.39 is 0 Å². The van der Waals surface area contributed by atoms with Gasteiger partial charge in [0.2, 0.25) is 0 Å². The summed E-state index contributed by atoms with van der Waals surface area (Å²) < 4.78 is 5.46. The summed E-state index contributed by atoms with van der Waals surface area (Å²) >= 11 is 0. The van der Waals surface area contributed by atoms with Crippen molar-refractivity contribution >= 4 is 0 Å². The molecule has 2 aliphatic heterocycles. The first-order valence-electron chi connectivity index (χ1n) is 3.21. The van der Waals surface area contributed by atoms with Crippen LogP contribution in [0.25, 0.3) is 0 Å². The lowest BCUT2D eigenvalue weighted by Crippen LogP contribution is -1.98. The number of hydrogen-bond donors (Lipinski definition) is 0. The minimum atomic E-state index is 0.574. The minimum absolute atomic E-state index is 0.574. The average Bonchev–Trinajstić information content (AvgIpc) is 2.23. The van der Waals surface area contributed by atoms with Gasteiger partial charge in [-0.2, -0.15) is 0 Å². The highest BCUT2D eigenvalue weighted by atomic mass is 16.5. The SMILES string of the molecule is CC1=C2CCC(C1)O2. The Balaban J connectivity index is 2.33. The van der Waals surface area contributed by atoms with Gasteiger partial charge < -0.3 is 4.74 Å². The lowest BCUT2D eigenvalue weighted by Gasteiger charge is -2.00. The maximum absolute atomic E-state index is 5.46. The molecule has 2 bridgehead atoms. The smallest absolute Gasteiger partial charge is 0.102 e. The summed E-state index contributed by atoms with van der Waals surface area (Å²) in [6.45, 7) is 2.18. The Kier molecular flexibility index (Phi) is 0.706. The van der Waals surface area contributed by atoms with E-state index in [0.717, 1.165) is 0 Å². The highest BCUT2D eigenvalue weighted by Crippen LogP contribution is 2.37. The van der Waals surface area contributed by atoms with Crippen molar-refractivity contribution in [3.63, 3.8) is 0 Å². The lowest BCUT2D eigenvalue weighted by molar-refractivity contribution is 0.188. The Bertz CT molecular complexity index is 144. The van der Waals surface area contributed by atoms with Crippen molar-refractivity contribution in [1.82, 2.24) is 0 Å². The topological polar surface area (TPSA) is 9.23 Å². The van der Waals surface area contributed by atoms with E-state index in [1.165, 1.54) is 30.6 Å². The highest BCUT2D eigenvalue weighted by Gasteiger charge is 2.29. The Labute approximate surface area is 49.3 Å². The number of rotatable bonds is 0. The third-order valence-electron chi connectivity index (χ3n) is 2.01. The molecule has 1 atom stereocenters. The van der Waals surface area contributed by atoms with Crippen molar-refractivity contribution in [3.05, 3.63) is 11.3 Å². The van der Waals surface area contributed by atoms with Crippen molar-refractivity contribution in [2.24, 2.45) is 0 Å². The molecule has 0 saturated carbocycles. The molecule has 1 unspecified atom stereocenters. The first-order chi connectivity index (χ1) is 3.86. The molecular formula is C7H10O. The van der Waals surface area contributed by atoms with E-state index in [9.17, 15) is 0 Å². The van der Waals surface area contributed by atoms with E-state index in [-0.39, 0.29) is 0 Å². The van der Waals surface area contributed by atoms with E-state index in [2.05, 4.69) is 6.92 Å². The zero-order valence-corrected chi connectivity index (χ0v) is 5.11. The molecule has 0 amide bonds. The first-order valence-corrected chi connectivity index (χ1v) is 3.21. The maximum atomic E-state index is 5.46. The summed E-state index contributed by atoms with van der Waals surface area (Å²) in [6.07, 6.45) is 4.25. The summed E-state index contributed by atoms with van der Waals surface area (Å²) in [7, 11) is 0. The van der Waals surface area contributed by atoms with Crippen LogP contribution in [0.1, 0.15) is 26.2 Å².